The number of carbonyl (C=O) groups excluding carboxylic acids is 2. The van der Waals surface area contributed by atoms with E-state index in [0.717, 1.165) is 43.1 Å². The lowest BCUT2D eigenvalue weighted by molar-refractivity contribution is -0.127. The van der Waals surface area contributed by atoms with E-state index in [4.69, 9.17) is 0 Å². The normalized spacial score (nSPS) is 17.0. The summed E-state index contributed by atoms with van der Waals surface area (Å²) in [4.78, 5) is 26.1. The van der Waals surface area contributed by atoms with Gasteiger partial charge >= 0.3 is 0 Å². The fourth-order valence-electron chi connectivity index (χ4n) is 3.82. The first kappa shape index (κ1) is 19.5. The number of carbonyl (C=O) groups is 2. The maximum atomic E-state index is 12.7. The van der Waals surface area contributed by atoms with E-state index in [1.165, 1.54) is 22.3 Å². The van der Waals surface area contributed by atoms with Gasteiger partial charge in [0.25, 0.3) is 0 Å². The molecule has 3 nitrogen and oxygen atoms in total. The van der Waals surface area contributed by atoms with Crippen LogP contribution < -0.4 is 5.32 Å². The van der Waals surface area contributed by atoms with Crippen molar-refractivity contribution >= 4 is 34.2 Å². The van der Waals surface area contributed by atoms with Gasteiger partial charge in [-0.3, -0.25) is 9.59 Å². The topological polar surface area (TPSA) is 46.2 Å². The number of hydrogen-bond acceptors (Lipinski definition) is 3. The summed E-state index contributed by atoms with van der Waals surface area (Å²) in [5.74, 6) is 0.909. The highest BCUT2D eigenvalue weighted by Crippen LogP contribution is 2.35. The molecule has 1 amide bonds. The Hall–Kier alpha value is -1.81. The molecule has 0 unspecified atom stereocenters. The minimum atomic E-state index is 0.191. The molecule has 0 aromatic heterocycles. The third-order valence-electron chi connectivity index (χ3n) is 5.79. The number of thioether (sulfide) groups is 1. The number of hydrogen-bond donors (Lipinski definition) is 1. The minimum Gasteiger partial charge on any atom is -0.356 e. The van der Waals surface area contributed by atoms with Crippen LogP contribution in [0.1, 0.15) is 61.9 Å². The van der Waals surface area contributed by atoms with Crippen molar-refractivity contribution in [2.45, 2.75) is 62.5 Å². The first-order chi connectivity index (χ1) is 13.5. The molecule has 0 radical (unpaired) electrons. The quantitative estimate of drug-likeness (QED) is 0.481. The second-order valence-electron chi connectivity index (χ2n) is 8.49. The number of rotatable bonds is 8. The number of amides is 1. The second kappa shape index (κ2) is 8.28. The first-order valence-electron chi connectivity index (χ1n) is 10.6. The Kier molecular flexibility index (Phi) is 5.77. The van der Waals surface area contributed by atoms with Gasteiger partial charge in [0.05, 0.1) is 0 Å². The van der Waals surface area contributed by atoms with E-state index >= 15 is 0 Å². The van der Waals surface area contributed by atoms with Crippen molar-refractivity contribution in [3.8, 4) is 0 Å². The SMILES string of the molecule is CC(C)Sc1ccc2cc(C(=O)C3CC3)cc(CCNC(=O)C3CCC3)c2c1. The molecule has 1 N–H and O–H groups in total. The van der Waals surface area contributed by atoms with Gasteiger partial charge in [0.15, 0.2) is 5.78 Å². The molecule has 148 valence electrons. The van der Waals surface area contributed by atoms with Gasteiger partial charge < -0.3 is 5.32 Å². The van der Waals surface area contributed by atoms with Crippen LogP contribution in [-0.4, -0.2) is 23.5 Å². The van der Waals surface area contributed by atoms with E-state index in [-0.39, 0.29) is 23.5 Å². The van der Waals surface area contributed by atoms with Crippen molar-refractivity contribution in [1.82, 2.24) is 5.32 Å². The molecule has 0 saturated heterocycles. The molecule has 2 aromatic rings. The van der Waals surface area contributed by atoms with Crippen molar-refractivity contribution in [1.29, 1.82) is 0 Å². The molecule has 0 aliphatic heterocycles. The van der Waals surface area contributed by atoms with Gasteiger partial charge in [0.2, 0.25) is 5.91 Å². The first-order valence-corrected chi connectivity index (χ1v) is 11.4. The van der Waals surface area contributed by atoms with Crippen LogP contribution in [0.25, 0.3) is 10.8 Å². The van der Waals surface area contributed by atoms with Gasteiger partial charge in [-0.05, 0) is 72.7 Å². The Bertz CT molecular complexity index is 897. The van der Waals surface area contributed by atoms with Crippen LogP contribution in [0.2, 0.25) is 0 Å². The van der Waals surface area contributed by atoms with E-state index in [0.29, 0.717) is 11.8 Å². The number of ketones is 1. The molecule has 0 atom stereocenters. The summed E-state index contributed by atoms with van der Waals surface area (Å²) in [7, 11) is 0. The van der Waals surface area contributed by atoms with Crippen LogP contribution >= 0.6 is 11.8 Å². The highest BCUT2D eigenvalue weighted by molar-refractivity contribution is 7.99. The summed E-state index contributed by atoms with van der Waals surface area (Å²) < 4.78 is 0. The molecule has 28 heavy (non-hydrogen) atoms. The molecule has 2 aliphatic rings. The molecule has 0 heterocycles. The Morgan fingerprint density at radius 2 is 1.86 bits per heavy atom. The Morgan fingerprint density at radius 3 is 2.50 bits per heavy atom. The van der Waals surface area contributed by atoms with E-state index in [1.54, 1.807) is 0 Å². The predicted molar refractivity (Wildman–Crippen MR) is 116 cm³/mol. The van der Waals surface area contributed by atoms with Crippen molar-refractivity contribution in [2.24, 2.45) is 11.8 Å². The highest BCUT2D eigenvalue weighted by Gasteiger charge is 2.31. The number of Topliss-reactive ketones (excluding diaryl/α,β-unsaturated/α-hetero) is 1. The summed E-state index contributed by atoms with van der Waals surface area (Å²) in [6.07, 6.45) is 6.02. The lowest BCUT2D eigenvalue weighted by atomic mass is 9.85. The molecule has 0 spiro atoms. The van der Waals surface area contributed by atoms with Crippen molar-refractivity contribution < 1.29 is 9.59 Å². The van der Waals surface area contributed by atoms with Crippen LogP contribution in [0, 0.1) is 11.8 Å². The number of nitrogens with one attached hydrogen (secondary N) is 1. The summed E-state index contributed by atoms with van der Waals surface area (Å²) >= 11 is 1.85. The molecule has 2 aliphatic carbocycles. The van der Waals surface area contributed by atoms with Crippen LogP contribution in [-0.2, 0) is 11.2 Å². The minimum absolute atomic E-state index is 0.191. The fourth-order valence-corrected chi connectivity index (χ4v) is 4.70. The van der Waals surface area contributed by atoms with Crippen LogP contribution in [0.3, 0.4) is 0 Å². The van der Waals surface area contributed by atoms with E-state index < -0.39 is 0 Å². The van der Waals surface area contributed by atoms with Crippen molar-refractivity contribution in [3.63, 3.8) is 0 Å². The molecule has 2 saturated carbocycles. The summed E-state index contributed by atoms with van der Waals surface area (Å²) in [5, 5.41) is 5.96. The second-order valence-corrected chi connectivity index (χ2v) is 10.1. The smallest absolute Gasteiger partial charge is 0.223 e. The molecular weight excluding hydrogens is 366 g/mol. The zero-order chi connectivity index (χ0) is 19.7. The van der Waals surface area contributed by atoms with Gasteiger partial charge in [-0.15, -0.1) is 11.8 Å². The Morgan fingerprint density at radius 1 is 1.07 bits per heavy atom. The van der Waals surface area contributed by atoms with Crippen LogP contribution in [0.4, 0.5) is 0 Å². The molecular formula is C24H29NO2S. The maximum Gasteiger partial charge on any atom is 0.223 e. The monoisotopic (exact) mass is 395 g/mol. The zero-order valence-electron chi connectivity index (χ0n) is 16.8. The highest BCUT2D eigenvalue weighted by atomic mass is 32.2. The summed E-state index contributed by atoms with van der Waals surface area (Å²) in [6.45, 7) is 5.03. The number of fused-ring (bicyclic) bond motifs is 1. The van der Waals surface area contributed by atoms with E-state index in [2.05, 4.69) is 49.5 Å². The van der Waals surface area contributed by atoms with Gasteiger partial charge in [-0.1, -0.05) is 26.3 Å². The molecule has 2 fully saturated rings. The number of benzene rings is 2. The zero-order valence-corrected chi connectivity index (χ0v) is 17.6. The molecule has 2 aromatic carbocycles. The molecule has 4 heteroatoms. The molecule has 0 bridgehead atoms. The van der Waals surface area contributed by atoms with Crippen molar-refractivity contribution in [3.05, 3.63) is 41.5 Å². The standard InChI is InChI=1S/C24H29NO2S/c1-15(2)28-21-9-8-18-12-20(23(26)16-6-7-16)13-19(22(18)14-21)10-11-25-24(27)17-4-3-5-17/h8-9,12-17H,3-7,10-11H2,1-2H3,(H,25,27). The Balaban J connectivity index is 1.59. The fraction of sp³-hybridized carbons (Fsp3) is 0.500. The van der Waals surface area contributed by atoms with Gasteiger partial charge in [0.1, 0.15) is 0 Å². The lowest BCUT2D eigenvalue weighted by Gasteiger charge is -2.24. The average Bonchev–Trinajstić information content (AvgIpc) is 3.44. The van der Waals surface area contributed by atoms with Gasteiger partial charge in [-0.2, -0.15) is 0 Å². The third-order valence-corrected chi connectivity index (χ3v) is 6.78. The van der Waals surface area contributed by atoms with Crippen LogP contribution in [0.15, 0.2) is 35.2 Å². The van der Waals surface area contributed by atoms with Crippen LogP contribution in [0.5, 0.6) is 0 Å². The van der Waals surface area contributed by atoms with E-state index in [1.807, 2.05) is 11.8 Å². The molecule has 4 rings (SSSR count). The third kappa shape index (κ3) is 4.43. The summed E-state index contributed by atoms with van der Waals surface area (Å²) in [6, 6.07) is 10.7. The van der Waals surface area contributed by atoms with E-state index in [9.17, 15) is 9.59 Å². The average molecular weight is 396 g/mol. The predicted octanol–water partition coefficient (Wildman–Crippen LogP) is 5.39. The largest absolute Gasteiger partial charge is 0.356 e. The van der Waals surface area contributed by atoms with Gasteiger partial charge in [-0.25, -0.2) is 0 Å². The maximum absolute atomic E-state index is 12.7. The summed E-state index contributed by atoms with van der Waals surface area (Å²) in [5.41, 5.74) is 2.00. The van der Waals surface area contributed by atoms with Crippen molar-refractivity contribution in [2.75, 3.05) is 6.54 Å². The lowest BCUT2D eigenvalue weighted by Crippen LogP contribution is -2.35. The Labute approximate surface area is 171 Å². The van der Waals surface area contributed by atoms with Gasteiger partial charge in [0, 0.05) is 34.1 Å².